The van der Waals surface area contributed by atoms with Gasteiger partial charge in [0.2, 0.25) is 0 Å². The lowest BCUT2D eigenvalue weighted by Gasteiger charge is -2.19. The Morgan fingerprint density at radius 3 is 2.50 bits per heavy atom. The Morgan fingerprint density at radius 2 is 1.85 bits per heavy atom. The van der Waals surface area contributed by atoms with Crippen molar-refractivity contribution >= 4 is 16.7 Å². The van der Waals surface area contributed by atoms with Gasteiger partial charge < -0.3 is 9.47 Å². The van der Waals surface area contributed by atoms with Crippen molar-refractivity contribution in [2.75, 3.05) is 13.7 Å². The van der Waals surface area contributed by atoms with E-state index >= 15 is 0 Å². The molecule has 0 aliphatic carbocycles. The van der Waals surface area contributed by atoms with Crippen LogP contribution in [0, 0.1) is 11.6 Å². The number of rotatable bonds is 5. The predicted octanol–water partition coefficient (Wildman–Crippen LogP) is 4.22. The number of carbonyl (C=O) groups excluding carboxylic acids is 1. The highest BCUT2D eigenvalue weighted by Crippen LogP contribution is 2.35. The first-order valence-electron chi connectivity index (χ1n) is 8.09. The van der Waals surface area contributed by atoms with Crippen LogP contribution in [0.1, 0.15) is 24.0 Å². The Hall–Kier alpha value is -3.02. The number of aromatic nitrogens is 1. The van der Waals surface area contributed by atoms with E-state index < -0.39 is 23.5 Å². The van der Waals surface area contributed by atoms with Gasteiger partial charge in [0.1, 0.15) is 23.3 Å². The molecule has 2 aromatic carbocycles. The molecular weight excluding hydrogens is 340 g/mol. The summed E-state index contributed by atoms with van der Waals surface area (Å²) in [6.45, 7) is 1.81. The number of fused-ring (bicyclic) bond motifs is 1. The molecule has 4 nitrogen and oxygen atoms in total. The van der Waals surface area contributed by atoms with Gasteiger partial charge in [-0.2, -0.15) is 0 Å². The highest BCUT2D eigenvalue weighted by atomic mass is 19.1. The van der Waals surface area contributed by atoms with Crippen molar-refractivity contribution in [2.45, 2.75) is 12.8 Å². The number of pyridine rings is 1. The Balaban J connectivity index is 2.25. The van der Waals surface area contributed by atoms with E-state index in [2.05, 4.69) is 4.98 Å². The van der Waals surface area contributed by atoms with Gasteiger partial charge in [-0.05, 0) is 30.7 Å². The SMILES string of the molecule is CCOC(=O)C(c1ccc(OC)cc1)c1c(F)cc(F)c2ccncc12. The maximum Gasteiger partial charge on any atom is 0.318 e. The lowest BCUT2D eigenvalue weighted by atomic mass is 9.87. The molecule has 1 aromatic heterocycles. The van der Waals surface area contributed by atoms with Crippen molar-refractivity contribution < 1.29 is 23.0 Å². The summed E-state index contributed by atoms with van der Waals surface area (Å²) in [4.78, 5) is 16.6. The number of esters is 1. The zero-order valence-electron chi connectivity index (χ0n) is 14.3. The molecule has 0 aliphatic rings. The van der Waals surface area contributed by atoms with Crippen LogP contribution >= 0.6 is 0 Å². The van der Waals surface area contributed by atoms with E-state index in [1.807, 2.05) is 0 Å². The van der Waals surface area contributed by atoms with Crippen molar-refractivity contribution in [3.05, 3.63) is 71.6 Å². The summed E-state index contributed by atoms with van der Waals surface area (Å²) in [6, 6.07) is 8.89. The van der Waals surface area contributed by atoms with Gasteiger partial charge in [-0.25, -0.2) is 8.78 Å². The maximum atomic E-state index is 14.8. The van der Waals surface area contributed by atoms with Gasteiger partial charge in [0, 0.05) is 34.8 Å². The second-order valence-corrected chi connectivity index (χ2v) is 5.63. The van der Waals surface area contributed by atoms with Crippen LogP contribution in [-0.2, 0) is 9.53 Å². The third-order valence-corrected chi connectivity index (χ3v) is 4.14. The number of nitrogens with zero attached hydrogens (tertiary/aromatic N) is 1. The fourth-order valence-corrected chi connectivity index (χ4v) is 2.95. The lowest BCUT2D eigenvalue weighted by Crippen LogP contribution is -2.19. The number of hydrogen-bond donors (Lipinski definition) is 0. The zero-order chi connectivity index (χ0) is 18.7. The quantitative estimate of drug-likeness (QED) is 0.642. The normalized spacial score (nSPS) is 12.0. The third kappa shape index (κ3) is 3.22. The molecule has 0 bridgehead atoms. The molecule has 1 atom stereocenters. The number of methoxy groups -OCH3 is 1. The summed E-state index contributed by atoms with van der Waals surface area (Å²) in [5.41, 5.74) is 0.554. The molecule has 1 heterocycles. The van der Waals surface area contributed by atoms with Gasteiger partial charge >= 0.3 is 5.97 Å². The van der Waals surface area contributed by atoms with Crippen LogP contribution in [0.2, 0.25) is 0 Å². The van der Waals surface area contributed by atoms with Crippen LogP contribution in [-0.4, -0.2) is 24.7 Å². The summed E-state index contributed by atoms with van der Waals surface area (Å²) in [6.07, 6.45) is 2.77. The van der Waals surface area contributed by atoms with Crippen molar-refractivity contribution in [1.29, 1.82) is 0 Å². The summed E-state index contributed by atoms with van der Waals surface area (Å²) < 4.78 is 39.2. The predicted molar refractivity (Wildman–Crippen MR) is 93.1 cm³/mol. The fourth-order valence-electron chi connectivity index (χ4n) is 2.95. The molecule has 0 radical (unpaired) electrons. The Morgan fingerprint density at radius 1 is 1.12 bits per heavy atom. The first kappa shape index (κ1) is 17.8. The van der Waals surface area contributed by atoms with Crippen LogP contribution in [0.4, 0.5) is 8.78 Å². The van der Waals surface area contributed by atoms with E-state index in [-0.39, 0.29) is 22.9 Å². The molecule has 6 heteroatoms. The second-order valence-electron chi connectivity index (χ2n) is 5.63. The minimum Gasteiger partial charge on any atom is -0.497 e. The second kappa shape index (κ2) is 7.47. The molecular formula is C20H17F2NO3. The largest absolute Gasteiger partial charge is 0.497 e. The summed E-state index contributed by atoms with van der Waals surface area (Å²) >= 11 is 0. The Bertz CT molecular complexity index is 942. The standard InChI is InChI=1S/C20H17F2NO3/c1-3-26-20(24)18(12-4-6-13(25-2)7-5-12)19-15-11-23-9-8-14(15)16(21)10-17(19)22/h4-11,18H,3H2,1-2H3. The molecule has 0 saturated carbocycles. The number of ether oxygens (including phenoxy) is 2. The summed E-state index contributed by atoms with van der Waals surface area (Å²) in [5, 5.41) is 0.429. The van der Waals surface area contributed by atoms with E-state index in [0.717, 1.165) is 6.07 Å². The number of carbonyl (C=O) groups is 1. The smallest absolute Gasteiger partial charge is 0.318 e. The van der Waals surface area contributed by atoms with Crippen molar-refractivity contribution in [1.82, 2.24) is 4.98 Å². The molecule has 0 amide bonds. The topological polar surface area (TPSA) is 48.4 Å². The van der Waals surface area contributed by atoms with Gasteiger partial charge in [-0.3, -0.25) is 9.78 Å². The fraction of sp³-hybridized carbons (Fsp3) is 0.200. The van der Waals surface area contributed by atoms with Crippen LogP contribution in [0.5, 0.6) is 5.75 Å². The van der Waals surface area contributed by atoms with Gasteiger partial charge in [-0.15, -0.1) is 0 Å². The third-order valence-electron chi connectivity index (χ3n) is 4.14. The zero-order valence-corrected chi connectivity index (χ0v) is 14.3. The molecule has 0 spiro atoms. The Labute approximate surface area is 149 Å². The number of benzene rings is 2. The highest BCUT2D eigenvalue weighted by molar-refractivity contribution is 5.93. The van der Waals surface area contributed by atoms with Crippen molar-refractivity contribution in [3.63, 3.8) is 0 Å². The summed E-state index contributed by atoms with van der Waals surface area (Å²) in [7, 11) is 1.52. The first-order chi connectivity index (χ1) is 12.6. The first-order valence-corrected chi connectivity index (χ1v) is 8.09. The van der Waals surface area contributed by atoms with Crippen LogP contribution in [0.15, 0.2) is 48.8 Å². The van der Waals surface area contributed by atoms with Crippen LogP contribution in [0.3, 0.4) is 0 Å². The number of halogens is 2. The van der Waals surface area contributed by atoms with E-state index in [1.165, 1.54) is 25.6 Å². The van der Waals surface area contributed by atoms with Crippen LogP contribution < -0.4 is 4.74 Å². The van der Waals surface area contributed by atoms with Gasteiger partial charge in [0.15, 0.2) is 0 Å². The van der Waals surface area contributed by atoms with Crippen molar-refractivity contribution in [2.24, 2.45) is 0 Å². The molecule has 3 aromatic rings. The Kier molecular flexibility index (Phi) is 5.11. The summed E-state index contributed by atoms with van der Waals surface area (Å²) in [5.74, 6) is -2.60. The maximum absolute atomic E-state index is 14.8. The molecule has 26 heavy (non-hydrogen) atoms. The monoisotopic (exact) mass is 357 g/mol. The van der Waals surface area contributed by atoms with Gasteiger partial charge in [0.25, 0.3) is 0 Å². The highest BCUT2D eigenvalue weighted by Gasteiger charge is 2.30. The molecule has 0 N–H and O–H groups in total. The average Bonchev–Trinajstić information content (AvgIpc) is 2.65. The van der Waals surface area contributed by atoms with Gasteiger partial charge in [0.05, 0.1) is 13.7 Å². The van der Waals surface area contributed by atoms with Crippen LogP contribution in [0.25, 0.3) is 10.8 Å². The lowest BCUT2D eigenvalue weighted by molar-refractivity contribution is -0.143. The van der Waals surface area contributed by atoms with E-state index in [4.69, 9.17) is 9.47 Å². The molecule has 1 unspecified atom stereocenters. The molecule has 3 rings (SSSR count). The minimum atomic E-state index is -1.05. The molecule has 134 valence electrons. The van der Waals surface area contributed by atoms with E-state index in [9.17, 15) is 13.6 Å². The molecule has 0 saturated heterocycles. The van der Waals surface area contributed by atoms with Crippen molar-refractivity contribution in [3.8, 4) is 5.75 Å². The van der Waals surface area contributed by atoms with E-state index in [1.54, 1.807) is 31.2 Å². The molecule has 0 fully saturated rings. The average molecular weight is 357 g/mol. The molecule has 0 aliphatic heterocycles. The minimum absolute atomic E-state index is 0.0399. The van der Waals surface area contributed by atoms with E-state index in [0.29, 0.717) is 11.3 Å². The number of hydrogen-bond acceptors (Lipinski definition) is 4. The van der Waals surface area contributed by atoms with Gasteiger partial charge in [-0.1, -0.05) is 12.1 Å².